The molecule has 0 spiro atoms. The maximum absolute atomic E-state index is 13.1. The number of pyridine rings is 1. The molecule has 33 heavy (non-hydrogen) atoms. The van der Waals surface area contributed by atoms with Gasteiger partial charge in [-0.2, -0.15) is 10.5 Å². The minimum absolute atomic E-state index is 0.0394. The molecule has 0 saturated carbocycles. The topological polar surface area (TPSA) is 157 Å². The number of anilines is 1. The van der Waals surface area contributed by atoms with Crippen LogP contribution in [-0.2, 0) is 4.79 Å². The van der Waals surface area contributed by atoms with Gasteiger partial charge < -0.3 is 21.7 Å². The van der Waals surface area contributed by atoms with Crippen LogP contribution in [0.3, 0.4) is 0 Å². The van der Waals surface area contributed by atoms with E-state index in [2.05, 4.69) is 21.4 Å². The molecule has 1 aliphatic rings. The molecule has 1 aromatic carbocycles. The number of hydrogen-bond donors (Lipinski definition) is 3. The van der Waals surface area contributed by atoms with Gasteiger partial charge in [-0.05, 0) is 49.2 Å². The second kappa shape index (κ2) is 10.2. The lowest BCUT2D eigenvalue weighted by atomic mass is 9.84. The molecule has 0 bridgehead atoms. The number of halogens is 1. The number of amidine groups is 1. The van der Waals surface area contributed by atoms with Crippen molar-refractivity contribution in [2.45, 2.75) is 24.8 Å². The van der Waals surface area contributed by atoms with E-state index in [1.54, 1.807) is 12.1 Å². The molecule has 1 aromatic heterocycles. The number of aliphatic imine (C=N–C) groups is 1. The smallest absolute Gasteiger partial charge is 0.253 e. The molecule has 0 atom stereocenters. The van der Waals surface area contributed by atoms with E-state index in [1.807, 2.05) is 17.0 Å². The number of nitrogens with one attached hydrogen (secondary N) is 1. The van der Waals surface area contributed by atoms with Crippen LogP contribution >= 0.6 is 0 Å². The molecule has 3 rings (SSSR count). The van der Waals surface area contributed by atoms with Crippen molar-refractivity contribution in [3.8, 4) is 12.1 Å². The average Bonchev–Trinajstić information content (AvgIpc) is 2.81. The fraction of sp³-hybridized carbons (Fsp3) is 0.261. The van der Waals surface area contributed by atoms with Crippen molar-refractivity contribution in [1.29, 1.82) is 10.5 Å². The molecule has 2 heterocycles. The summed E-state index contributed by atoms with van der Waals surface area (Å²) in [6.45, 7) is 1.19. The van der Waals surface area contributed by atoms with E-state index < -0.39 is 17.3 Å². The van der Waals surface area contributed by atoms with Crippen molar-refractivity contribution >= 4 is 23.2 Å². The number of aromatic nitrogens is 1. The van der Waals surface area contributed by atoms with Crippen molar-refractivity contribution in [2.24, 2.45) is 16.5 Å². The lowest BCUT2D eigenvalue weighted by Crippen LogP contribution is -2.52. The first-order chi connectivity index (χ1) is 15.9. The number of piperidine rings is 1. The van der Waals surface area contributed by atoms with Gasteiger partial charge >= 0.3 is 0 Å². The minimum Gasteiger partial charge on any atom is -0.384 e. The molecule has 0 unspecified atom stereocenters. The van der Waals surface area contributed by atoms with Crippen LogP contribution in [0, 0.1) is 28.5 Å². The third-order valence-corrected chi connectivity index (χ3v) is 5.45. The zero-order valence-electron chi connectivity index (χ0n) is 17.8. The summed E-state index contributed by atoms with van der Waals surface area (Å²) in [5, 5.41) is 21.6. The normalized spacial score (nSPS) is 15.9. The molecule has 2 aromatic rings. The predicted molar refractivity (Wildman–Crippen MR) is 121 cm³/mol. The summed E-state index contributed by atoms with van der Waals surface area (Å²) in [4.78, 5) is 22.5. The van der Waals surface area contributed by atoms with Crippen LogP contribution < -0.4 is 21.7 Å². The third kappa shape index (κ3) is 5.83. The van der Waals surface area contributed by atoms with Gasteiger partial charge in [0.25, 0.3) is 5.91 Å². The lowest BCUT2D eigenvalue weighted by molar-refractivity contribution is -0.114. The summed E-state index contributed by atoms with van der Waals surface area (Å²) in [6.07, 6.45) is 2.75. The third-order valence-electron chi connectivity index (χ3n) is 5.45. The number of carbonyl (C=O) groups is 1. The van der Waals surface area contributed by atoms with Crippen LogP contribution in [0.15, 0.2) is 59.2 Å². The molecule has 0 radical (unpaired) electrons. The SMILES string of the molecule is N#CCC1(N/C=C(/C(N)=O)C(N)=Nc2ccc(F)cc2)CCN(c2cccc(C#N)n2)CC1. The Bertz CT molecular complexity index is 1150. The van der Waals surface area contributed by atoms with Crippen LogP contribution in [0.4, 0.5) is 15.9 Å². The summed E-state index contributed by atoms with van der Waals surface area (Å²) >= 11 is 0. The van der Waals surface area contributed by atoms with Gasteiger partial charge in [-0.25, -0.2) is 14.4 Å². The molecule has 1 amide bonds. The second-order valence-corrected chi connectivity index (χ2v) is 7.64. The van der Waals surface area contributed by atoms with Crippen LogP contribution in [0.2, 0.25) is 0 Å². The number of benzene rings is 1. The Labute approximate surface area is 190 Å². The zero-order valence-corrected chi connectivity index (χ0v) is 17.8. The molecule has 9 nitrogen and oxygen atoms in total. The van der Waals surface area contributed by atoms with Crippen molar-refractivity contribution < 1.29 is 9.18 Å². The summed E-state index contributed by atoms with van der Waals surface area (Å²) in [7, 11) is 0. The lowest BCUT2D eigenvalue weighted by Gasteiger charge is -2.41. The quantitative estimate of drug-likeness (QED) is 0.333. The van der Waals surface area contributed by atoms with Gasteiger partial charge in [0.15, 0.2) is 0 Å². The zero-order chi connectivity index (χ0) is 23.8. The highest BCUT2D eigenvalue weighted by Gasteiger charge is 2.34. The van der Waals surface area contributed by atoms with E-state index in [1.165, 1.54) is 30.5 Å². The van der Waals surface area contributed by atoms with Crippen LogP contribution in [0.1, 0.15) is 25.0 Å². The van der Waals surface area contributed by atoms with Gasteiger partial charge in [0, 0.05) is 19.3 Å². The monoisotopic (exact) mass is 446 g/mol. The van der Waals surface area contributed by atoms with Gasteiger partial charge in [-0.3, -0.25) is 4.79 Å². The Morgan fingerprint density at radius 1 is 1.21 bits per heavy atom. The van der Waals surface area contributed by atoms with E-state index >= 15 is 0 Å². The van der Waals surface area contributed by atoms with Crippen LogP contribution in [0.25, 0.3) is 0 Å². The van der Waals surface area contributed by atoms with Gasteiger partial charge in [-0.15, -0.1) is 0 Å². The summed E-state index contributed by atoms with van der Waals surface area (Å²) < 4.78 is 13.1. The van der Waals surface area contributed by atoms with Gasteiger partial charge in [0.2, 0.25) is 0 Å². The second-order valence-electron chi connectivity index (χ2n) is 7.64. The van der Waals surface area contributed by atoms with Gasteiger partial charge in [0.05, 0.1) is 29.3 Å². The van der Waals surface area contributed by atoms with Gasteiger partial charge in [0.1, 0.15) is 29.2 Å². The first-order valence-electron chi connectivity index (χ1n) is 10.2. The maximum Gasteiger partial charge on any atom is 0.253 e. The molecule has 1 aliphatic heterocycles. The molecular weight excluding hydrogens is 423 g/mol. The maximum atomic E-state index is 13.1. The Kier molecular flexibility index (Phi) is 7.21. The van der Waals surface area contributed by atoms with E-state index in [-0.39, 0.29) is 17.8 Å². The Balaban J connectivity index is 1.77. The largest absolute Gasteiger partial charge is 0.384 e. The first-order valence-corrected chi connectivity index (χ1v) is 10.2. The van der Waals surface area contributed by atoms with Crippen LogP contribution in [-0.4, -0.2) is 35.4 Å². The number of amides is 1. The summed E-state index contributed by atoms with van der Waals surface area (Å²) in [6, 6.07) is 14.8. The van der Waals surface area contributed by atoms with E-state index in [9.17, 15) is 14.4 Å². The fourth-order valence-corrected chi connectivity index (χ4v) is 3.56. The van der Waals surface area contributed by atoms with E-state index in [0.717, 1.165) is 0 Å². The van der Waals surface area contributed by atoms with E-state index in [4.69, 9.17) is 16.7 Å². The number of nitriles is 2. The molecule has 5 N–H and O–H groups in total. The van der Waals surface area contributed by atoms with E-state index in [0.29, 0.717) is 43.1 Å². The first kappa shape index (κ1) is 23.2. The number of nitrogens with two attached hydrogens (primary N) is 2. The van der Waals surface area contributed by atoms with Crippen molar-refractivity contribution in [1.82, 2.24) is 10.3 Å². The minimum atomic E-state index is -0.784. The molecule has 1 saturated heterocycles. The highest BCUT2D eigenvalue weighted by molar-refractivity contribution is 6.20. The fourth-order valence-electron chi connectivity index (χ4n) is 3.56. The number of hydrogen-bond acceptors (Lipinski definition) is 7. The van der Waals surface area contributed by atoms with Gasteiger partial charge in [-0.1, -0.05) is 6.07 Å². The number of primary amides is 1. The van der Waals surface area contributed by atoms with Crippen molar-refractivity contribution in [2.75, 3.05) is 18.0 Å². The molecule has 0 aliphatic carbocycles. The number of rotatable bonds is 7. The average molecular weight is 446 g/mol. The Morgan fingerprint density at radius 3 is 2.52 bits per heavy atom. The molecule has 168 valence electrons. The molecule has 1 fully saturated rings. The Hall–Kier alpha value is -4.44. The summed E-state index contributed by atoms with van der Waals surface area (Å²) in [5.41, 5.74) is 11.5. The molecular formula is C23H23FN8O. The molecule has 10 heteroatoms. The standard InChI is InChI=1S/C23H23FN8O/c24-16-4-6-17(7-5-16)31-21(27)19(22(28)33)15-29-23(8-11-25)9-12-32(13-10-23)20-3-1-2-18(14-26)30-20/h1-7,15,29H,8-10,12-13H2,(H2,27,31)(H2,28,33)/b19-15+. The number of nitrogens with zero attached hydrogens (tertiary/aromatic N) is 5. The highest BCUT2D eigenvalue weighted by atomic mass is 19.1. The Morgan fingerprint density at radius 2 is 1.91 bits per heavy atom. The predicted octanol–water partition coefficient (Wildman–Crippen LogP) is 1.99. The highest BCUT2D eigenvalue weighted by Crippen LogP contribution is 2.28. The summed E-state index contributed by atoms with van der Waals surface area (Å²) in [5.74, 6) is -0.626. The van der Waals surface area contributed by atoms with Crippen molar-refractivity contribution in [3.05, 3.63) is 65.7 Å². The van der Waals surface area contributed by atoms with Crippen molar-refractivity contribution in [3.63, 3.8) is 0 Å². The number of carbonyl (C=O) groups excluding carboxylic acids is 1. The van der Waals surface area contributed by atoms with Crippen LogP contribution in [0.5, 0.6) is 0 Å².